The number of carbonyl (C=O) groups excluding carboxylic acids is 1. The molecule has 0 saturated carbocycles. The number of hydrogen-bond acceptors (Lipinski definition) is 5. The highest BCUT2D eigenvalue weighted by molar-refractivity contribution is 7.18. The first-order chi connectivity index (χ1) is 13.2. The maximum Gasteiger partial charge on any atom is 0.251 e. The fourth-order valence-corrected chi connectivity index (χ4v) is 4.72. The molecule has 6 heteroatoms. The van der Waals surface area contributed by atoms with E-state index >= 15 is 0 Å². The molecule has 5 nitrogen and oxygen atoms in total. The lowest BCUT2D eigenvalue weighted by molar-refractivity contribution is 0.0951. The topological polar surface area (TPSA) is 58.1 Å². The summed E-state index contributed by atoms with van der Waals surface area (Å²) >= 11 is 1.74. The fraction of sp³-hybridized carbons (Fsp3) is 0.381. The highest BCUT2D eigenvalue weighted by atomic mass is 32.1. The Balaban J connectivity index is 1.45. The third-order valence-corrected chi connectivity index (χ3v) is 6.43. The molecule has 1 N–H and O–H groups in total. The lowest BCUT2D eigenvalue weighted by Gasteiger charge is -2.29. The van der Waals surface area contributed by atoms with E-state index in [0.29, 0.717) is 18.0 Å². The van der Waals surface area contributed by atoms with Gasteiger partial charge in [0.05, 0.1) is 15.2 Å². The average molecular weight is 381 g/mol. The Morgan fingerprint density at radius 3 is 2.74 bits per heavy atom. The van der Waals surface area contributed by atoms with E-state index in [9.17, 15) is 4.79 Å². The molecule has 1 aliphatic rings. The van der Waals surface area contributed by atoms with Crippen molar-refractivity contribution in [2.45, 2.75) is 32.2 Å². The van der Waals surface area contributed by atoms with Crippen molar-refractivity contribution in [3.63, 3.8) is 0 Å². The van der Waals surface area contributed by atoms with E-state index in [1.165, 1.54) is 17.8 Å². The summed E-state index contributed by atoms with van der Waals surface area (Å²) in [5.74, 6) is 0.495. The lowest BCUT2D eigenvalue weighted by atomic mass is 9.98. The number of aromatic nitrogens is 2. The molecule has 3 heterocycles. The van der Waals surface area contributed by atoms with Crippen LogP contribution < -0.4 is 5.32 Å². The van der Waals surface area contributed by atoms with Gasteiger partial charge in [0.1, 0.15) is 0 Å². The smallest absolute Gasteiger partial charge is 0.251 e. The molecular formula is C21H24N4OS. The molecule has 1 aromatic carbocycles. The summed E-state index contributed by atoms with van der Waals surface area (Å²) in [7, 11) is 0. The molecule has 0 aliphatic carbocycles. The standard InChI is InChI=1S/C21H24N4OS/c1-2-25-11-7-16(8-12-25)21-24-18-4-3-17(13-19(18)27-21)20(26)23-14-15-5-9-22-10-6-15/h3-6,9-10,13,16H,2,7-8,11-12,14H2,1H3,(H,23,26). The molecule has 1 fully saturated rings. The van der Waals surface area contributed by atoms with Gasteiger partial charge < -0.3 is 10.2 Å². The number of piperidine rings is 1. The van der Waals surface area contributed by atoms with Crippen LogP contribution in [0.1, 0.15) is 46.6 Å². The lowest BCUT2D eigenvalue weighted by Crippen LogP contribution is -2.32. The van der Waals surface area contributed by atoms with Crippen LogP contribution in [0.15, 0.2) is 42.7 Å². The van der Waals surface area contributed by atoms with Crippen molar-refractivity contribution < 1.29 is 4.79 Å². The Morgan fingerprint density at radius 2 is 2.00 bits per heavy atom. The number of nitrogens with one attached hydrogen (secondary N) is 1. The molecule has 2 aromatic heterocycles. The Morgan fingerprint density at radius 1 is 1.22 bits per heavy atom. The number of hydrogen-bond donors (Lipinski definition) is 1. The van der Waals surface area contributed by atoms with E-state index in [2.05, 4.69) is 22.1 Å². The summed E-state index contributed by atoms with van der Waals surface area (Å²) < 4.78 is 1.10. The average Bonchev–Trinajstić information content (AvgIpc) is 3.16. The van der Waals surface area contributed by atoms with Crippen LogP contribution in [0, 0.1) is 0 Å². The van der Waals surface area contributed by atoms with Crippen LogP contribution in [-0.4, -0.2) is 40.4 Å². The minimum atomic E-state index is -0.0556. The first-order valence-corrected chi connectivity index (χ1v) is 10.3. The zero-order valence-electron chi connectivity index (χ0n) is 15.5. The Labute approximate surface area is 163 Å². The van der Waals surface area contributed by atoms with Crippen molar-refractivity contribution in [3.05, 3.63) is 58.9 Å². The molecule has 1 amide bonds. The molecule has 27 heavy (non-hydrogen) atoms. The summed E-state index contributed by atoms with van der Waals surface area (Å²) in [6.45, 7) is 6.16. The number of fused-ring (bicyclic) bond motifs is 1. The van der Waals surface area contributed by atoms with Crippen molar-refractivity contribution in [1.29, 1.82) is 0 Å². The second-order valence-electron chi connectivity index (χ2n) is 6.98. The number of thiazole rings is 1. The normalized spacial score (nSPS) is 15.9. The van der Waals surface area contributed by atoms with E-state index in [0.717, 1.165) is 35.4 Å². The predicted molar refractivity (Wildman–Crippen MR) is 109 cm³/mol. The number of likely N-dealkylation sites (tertiary alicyclic amines) is 1. The minimum Gasteiger partial charge on any atom is -0.348 e. The largest absolute Gasteiger partial charge is 0.348 e. The molecule has 0 bridgehead atoms. The number of benzene rings is 1. The number of carbonyl (C=O) groups is 1. The molecule has 0 atom stereocenters. The van der Waals surface area contributed by atoms with Gasteiger partial charge >= 0.3 is 0 Å². The molecule has 4 rings (SSSR count). The van der Waals surface area contributed by atoms with Crippen LogP contribution in [0.5, 0.6) is 0 Å². The van der Waals surface area contributed by atoms with E-state index in [-0.39, 0.29) is 5.91 Å². The third kappa shape index (κ3) is 4.17. The van der Waals surface area contributed by atoms with Crippen LogP contribution in [0.25, 0.3) is 10.2 Å². The van der Waals surface area contributed by atoms with Gasteiger partial charge in [0.2, 0.25) is 0 Å². The van der Waals surface area contributed by atoms with Crippen molar-refractivity contribution in [3.8, 4) is 0 Å². The number of amides is 1. The van der Waals surface area contributed by atoms with Gasteiger partial charge in [0.25, 0.3) is 5.91 Å². The second-order valence-corrected chi connectivity index (χ2v) is 8.04. The molecule has 0 radical (unpaired) electrons. The van der Waals surface area contributed by atoms with Gasteiger partial charge in [-0.25, -0.2) is 4.98 Å². The van der Waals surface area contributed by atoms with Crippen molar-refractivity contribution in [1.82, 2.24) is 20.2 Å². The van der Waals surface area contributed by atoms with Crippen LogP contribution in [0.2, 0.25) is 0 Å². The van der Waals surface area contributed by atoms with E-state index in [1.54, 1.807) is 23.7 Å². The Hall–Kier alpha value is -2.31. The minimum absolute atomic E-state index is 0.0556. The monoisotopic (exact) mass is 380 g/mol. The number of rotatable bonds is 5. The second kappa shape index (κ2) is 8.15. The molecule has 1 saturated heterocycles. The van der Waals surface area contributed by atoms with Crippen molar-refractivity contribution in [2.24, 2.45) is 0 Å². The van der Waals surface area contributed by atoms with Gasteiger partial charge in [0, 0.05) is 30.4 Å². The quantitative estimate of drug-likeness (QED) is 0.731. The van der Waals surface area contributed by atoms with Gasteiger partial charge in [-0.15, -0.1) is 11.3 Å². The first kappa shape index (κ1) is 18.1. The van der Waals surface area contributed by atoms with E-state index in [1.807, 2.05) is 30.3 Å². The Kier molecular flexibility index (Phi) is 5.45. The SMILES string of the molecule is CCN1CCC(c2nc3ccc(C(=O)NCc4ccncc4)cc3s2)CC1. The van der Waals surface area contributed by atoms with Gasteiger partial charge in [-0.2, -0.15) is 0 Å². The van der Waals surface area contributed by atoms with Gasteiger partial charge in [-0.05, 0) is 68.4 Å². The highest BCUT2D eigenvalue weighted by Crippen LogP contribution is 2.34. The number of pyridine rings is 1. The maximum absolute atomic E-state index is 12.5. The summed E-state index contributed by atoms with van der Waals surface area (Å²) in [5, 5.41) is 4.19. The van der Waals surface area contributed by atoms with Gasteiger partial charge in [-0.3, -0.25) is 9.78 Å². The van der Waals surface area contributed by atoms with Crippen LogP contribution >= 0.6 is 11.3 Å². The predicted octanol–water partition coefficient (Wildman–Crippen LogP) is 3.82. The van der Waals surface area contributed by atoms with Crippen LogP contribution in [-0.2, 0) is 6.54 Å². The van der Waals surface area contributed by atoms with Gasteiger partial charge in [-0.1, -0.05) is 6.92 Å². The van der Waals surface area contributed by atoms with E-state index in [4.69, 9.17) is 4.98 Å². The zero-order chi connectivity index (χ0) is 18.6. The first-order valence-electron chi connectivity index (χ1n) is 9.53. The molecule has 0 unspecified atom stereocenters. The molecular weight excluding hydrogens is 356 g/mol. The fourth-order valence-electron chi connectivity index (χ4n) is 3.54. The summed E-state index contributed by atoms with van der Waals surface area (Å²) in [4.78, 5) is 23.8. The summed E-state index contributed by atoms with van der Waals surface area (Å²) in [6, 6.07) is 9.62. The van der Waals surface area contributed by atoms with Crippen LogP contribution in [0.4, 0.5) is 0 Å². The summed E-state index contributed by atoms with van der Waals surface area (Å²) in [6.07, 6.45) is 5.81. The maximum atomic E-state index is 12.5. The molecule has 140 valence electrons. The van der Waals surface area contributed by atoms with Crippen LogP contribution in [0.3, 0.4) is 0 Å². The van der Waals surface area contributed by atoms with E-state index < -0.39 is 0 Å². The highest BCUT2D eigenvalue weighted by Gasteiger charge is 2.22. The van der Waals surface area contributed by atoms with Crippen molar-refractivity contribution >= 4 is 27.5 Å². The zero-order valence-corrected chi connectivity index (χ0v) is 16.3. The number of nitrogens with zero attached hydrogens (tertiary/aromatic N) is 3. The molecule has 0 spiro atoms. The Bertz CT molecular complexity index is 916. The molecule has 3 aromatic rings. The van der Waals surface area contributed by atoms with Crippen molar-refractivity contribution in [2.75, 3.05) is 19.6 Å². The van der Waals surface area contributed by atoms with Gasteiger partial charge in [0.15, 0.2) is 0 Å². The molecule has 1 aliphatic heterocycles. The third-order valence-electron chi connectivity index (χ3n) is 5.25. The summed E-state index contributed by atoms with van der Waals surface area (Å²) in [5.41, 5.74) is 2.73.